The Morgan fingerprint density at radius 3 is 2.80 bits per heavy atom. The van der Waals surface area contributed by atoms with Gasteiger partial charge >= 0.3 is 0 Å². The van der Waals surface area contributed by atoms with Crippen LogP contribution in [0.2, 0.25) is 0 Å². The van der Waals surface area contributed by atoms with Crippen LogP contribution in [0.25, 0.3) is 10.7 Å². The van der Waals surface area contributed by atoms with Gasteiger partial charge in [0.25, 0.3) is 0 Å². The molecule has 0 spiro atoms. The summed E-state index contributed by atoms with van der Waals surface area (Å²) in [4.78, 5) is 5.68. The number of para-hydroxylation sites is 1. The second-order valence-electron chi connectivity index (χ2n) is 4.57. The van der Waals surface area contributed by atoms with Crippen molar-refractivity contribution in [2.75, 3.05) is 11.9 Å². The molecule has 0 saturated heterocycles. The molecule has 0 aliphatic rings. The van der Waals surface area contributed by atoms with Crippen molar-refractivity contribution in [3.05, 3.63) is 60.2 Å². The third-order valence-electron chi connectivity index (χ3n) is 3.14. The third kappa shape index (κ3) is 3.08. The number of hydrogen-bond acceptors (Lipinski definition) is 3. The Hall–Kier alpha value is -2.07. The Kier molecular flexibility index (Phi) is 4.13. The van der Waals surface area contributed by atoms with Crippen molar-refractivity contribution in [2.24, 2.45) is 0 Å². The molecule has 1 aromatic carbocycles. The predicted octanol–water partition coefficient (Wildman–Crippen LogP) is 4.11. The van der Waals surface area contributed by atoms with Crippen LogP contribution in [0.3, 0.4) is 0 Å². The molecule has 0 atom stereocenters. The lowest BCUT2D eigenvalue weighted by molar-refractivity contribution is 0.668. The molecule has 1 N–H and O–H groups in total. The number of nitrogens with one attached hydrogen (secondary N) is 1. The summed E-state index contributed by atoms with van der Waals surface area (Å²) < 4.78 is 2.22. The molecule has 0 fully saturated rings. The van der Waals surface area contributed by atoms with Gasteiger partial charge in [-0.15, -0.1) is 11.3 Å². The van der Waals surface area contributed by atoms with E-state index in [0.29, 0.717) is 0 Å². The zero-order chi connectivity index (χ0) is 13.6. The molecule has 3 rings (SSSR count). The van der Waals surface area contributed by atoms with Gasteiger partial charge in [-0.25, -0.2) is 4.98 Å². The number of anilines is 1. The van der Waals surface area contributed by atoms with E-state index in [2.05, 4.69) is 50.7 Å². The quantitative estimate of drug-likeness (QED) is 0.690. The van der Waals surface area contributed by atoms with Crippen LogP contribution >= 0.6 is 11.3 Å². The lowest BCUT2D eigenvalue weighted by Crippen LogP contribution is -2.06. The molecule has 0 aliphatic heterocycles. The van der Waals surface area contributed by atoms with Crippen LogP contribution in [0, 0.1) is 0 Å². The normalized spacial score (nSPS) is 10.6. The third-order valence-corrected chi connectivity index (χ3v) is 4.00. The maximum absolute atomic E-state index is 4.45. The maximum Gasteiger partial charge on any atom is 0.149 e. The van der Waals surface area contributed by atoms with Crippen LogP contribution in [-0.4, -0.2) is 16.1 Å². The fraction of sp³-hybridized carbons (Fsp3) is 0.188. The highest BCUT2D eigenvalue weighted by Crippen LogP contribution is 2.22. The van der Waals surface area contributed by atoms with Gasteiger partial charge in [0.05, 0.1) is 4.88 Å². The maximum atomic E-state index is 4.45. The van der Waals surface area contributed by atoms with E-state index >= 15 is 0 Å². The first-order chi connectivity index (χ1) is 9.93. The van der Waals surface area contributed by atoms with E-state index in [1.165, 1.54) is 10.6 Å². The highest BCUT2D eigenvalue weighted by molar-refractivity contribution is 7.13. The van der Waals surface area contributed by atoms with E-state index in [4.69, 9.17) is 0 Å². The largest absolute Gasteiger partial charge is 0.385 e. The Labute approximate surface area is 122 Å². The predicted molar refractivity (Wildman–Crippen MR) is 85.1 cm³/mol. The first-order valence-electron chi connectivity index (χ1n) is 6.77. The van der Waals surface area contributed by atoms with Gasteiger partial charge < -0.3 is 9.88 Å². The minimum Gasteiger partial charge on any atom is -0.385 e. The number of nitrogens with zero attached hydrogens (tertiary/aromatic N) is 2. The molecule has 0 bridgehead atoms. The van der Waals surface area contributed by atoms with Gasteiger partial charge in [0.2, 0.25) is 0 Å². The summed E-state index contributed by atoms with van der Waals surface area (Å²) in [6.45, 7) is 1.94. The number of rotatable bonds is 6. The second-order valence-corrected chi connectivity index (χ2v) is 5.52. The number of thiophene rings is 1. The van der Waals surface area contributed by atoms with E-state index in [1.807, 2.05) is 24.4 Å². The molecule has 0 saturated carbocycles. The summed E-state index contributed by atoms with van der Waals surface area (Å²) in [7, 11) is 0. The fourth-order valence-corrected chi connectivity index (χ4v) is 2.89. The second kappa shape index (κ2) is 6.39. The Morgan fingerprint density at radius 2 is 2.00 bits per heavy atom. The van der Waals surface area contributed by atoms with E-state index in [-0.39, 0.29) is 0 Å². The van der Waals surface area contributed by atoms with Gasteiger partial charge in [-0.2, -0.15) is 0 Å². The standard InChI is InChI=1S/C16H17N3S/c1-2-6-14(7-3-1)17-9-5-11-19-12-10-18-16(19)15-8-4-13-20-15/h1-4,6-8,10,12-13,17H,5,9,11H2. The summed E-state index contributed by atoms with van der Waals surface area (Å²) >= 11 is 1.73. The zero-order valence-electron chi connectivity index (χ0n) is 11.2. The number of hydrogen-bond donors (Lipinski definition) is 1. The van der Waals surface area contributed by atoms with Crippen molar-refractivity contribution in [1.82, 2.24) is 9.55 Å². The van der Waals surface area contributed by atoms with Crippen molar-refractivity contribution in [2.45, 2.75) is 13.0 Å². The Morgan fingerprint density at radius 1 is 1.10 bits per heavy atom. The van der Waals surface area contributed by atoms with Gasteiger partial charge in [-0.05, 0) is 30.0 Å². The summed E-state index contributed by atoms with van der Waals surface area (Å²) in [5, 5.41) is 5.52. The van der Waals surface area contributed by atoms with Gasteiger partial charge in [0, 0.05) is 31.2 Å². The minimum atomic E-state index is 0.964. The molecule has 2 aromatic heterocycles. The molecule has 20 heavy (non-hydrogen) atoms. The Bertz CT molecular complexity index is 629. The average molecular weight is 283 g/mol. The highest BCUT2D eigenvalue weighted by atomic mass is 32.1. The van der Waals surface area contributed by atoms with E-state index < -0.39 is 0 Å². The van der Waals surface area contributed by atoms with Crippen molar-refractivity contribution in [3.63, 3.8) is 0 Å². The molecular formula is C16H17N3S. The van der Waals surface area contributed by atoms with Crippen molar-refractivity contribution in [3.8, 4) is 10.7 Å². The molecule has 0 aliphatic carbocycles. The number of benzene rings is 1. The van der Waals surface area contributed by atoms with Crippen molar-refractivity contribution in [1.29, 1.82) is 0 Å². The molecule has 3 aromatic rings. The highest BCUT2D eigenvalue weighted by Gasteiger charge is 2.05. The van der Waals surface area contributed by atoms with Gasteiger partial charge in [0.15, 0.2) is 0 Å². The molecule has 0 unspecified atom stereocenters. The SMILES string of the molecule is c1ccc(NCCCn2ccnc2-c2cccs2)cc1. The fourth-order valence-electron chi connectivity index (χ4n) is 2.16. The van der Waals surface area contributed by atoms with Gasteiger partial charge in [-0.3, -0.25) is 0 Å². The van der Waals surface area contributed by atoms with E-state index in [9.17, 15) is 0 Å². The van der Waals surface area contributed by atoms with Crippen LogP contribution in [0.4, 0.5) is 5.69 Å². The van der Waals surface area contributed by atoms with Crippen LogP contribution in [-0.2, 0) is 6.54 Å². The molecule has 0 radical (unpaired) electrons. The summed E-state index contributed by atoms with van der Waals surface area (Å²) in [5.41, 5.74) is 1.18. The topological polar surface area (TPSA) is 29.9 Å². The summed E-state index contributed by atoms with van der Waals surface area (Å²) in [6, 6.07) is 14.5. The molecule has 102 valence electrons. The van der Waals surface area contributed by atoms with Gasteiger partial charge in [-0.1, -0.05) is 24.3 Å². The molecule has 2 heterocycles. The van der Waals surface area contributed by atoms with Crippen LogP contribution in [0.1, 0.15) is 6.42 Å². The number of imidazole rings is 1. The molecule has 3 nitrogen and oxygen atoms in total. The number of aryl methyl sites for hydroxylation is 1. The molecule has 4 heteroatoms. The molecule has 0 amide bonds. The monoisotopic (exact) mass is 283 g/mol. The Balaban J connectivity index is 1.53. The lowest BCUT2D eigenvalue weighted by Gasteiger charge is -2.08. The summed E-state index contributed by atoms with van der Waals surface area (Å²) in [5.74, 6) is 1.07. The number of aromatic nitrogens is 2. The zero-order valence-corrected chi connectivity index (χ0v) is 12.0. The average Bonchev–Trinajstić information content (AvgIpc) is 3.15. The van der Waals surface area contributed by atoms with Crippen molar-refractivity contribution >= 4 is 17.0 Å². The van der Waals surface area contributed by atoms with Crippen LogP contribution in [0.5, 0.6) is 0 Å². The van der Waals surface area contributed by atoms with E-state index in [1.54, 1.807) is 11.3 Å². The van der Waals surface area contributed by atoms with E-state index in [0.717, 1.165) is 25.3 Å². The summed E-state index contributed by atoms with van der Waals surface area (Å²) in [6.07, 6.45) is 5.00. The van der Waals surface area contributed by atoms with Gasteiger partial charge in [0.1, 0.15) is 5.82 Å². The minimum absolute atomic E-state index is 0.964. The van der Waals surface area contributed by atoms with Crippen molar-refractivity contribution < 1.29 is 0 Å². The van der Waals surface area contributed by atoms with Crippen LogP contribution < -0.4 is 5.32 Å². The first kappa shape index (κ1) is 12.9. The lowest BCUT2D eigenvalue weighted by atomic mass is 10.3. The first-order valence-corrected chi connectivity index (χ1v) is 7.65. The van der Waals surface area contributed by atoms with Crippen LogP contribution in [0.15, 0.2) is 60.2 Å². The molecular weight excluding hydrogens is 266 g/mol. The smallest absolute Gasteiger partial charge is 0.149 e.